The van der Waals surface area contributed by atoms with Crippen LogP contribution in [0.1, 0.15) is 43.0 Å². The molecule has 1 atom stereocenters. The van der Waals surface area contributed by atoms with Crippen LogP contribution in [0.4, 0.5) is 5.69 Å². The van der Waals surface area contributed by atoms with Gasteiger partial charge in [0.2, 0.25) is 11.8 Å². The summed E-state index contributed by atoms with van der Waals surface area (Å²) in [7, 11) is 0. The lowest BCUT2D eigenvalue weighted by atomic mass is 10.1. The van der Waals surface area contributed by atoms with Gasteiger partial charge in [0.1, 0.15) is 12.4 Å². The summed E-state index contributed by atoms with van der Waals surface area (Å²) in [5, 5.41) is 0. The standard InChI is InChI=1S/C25H28N4O2/c1-18-9-3-5-11-21(18)28-16-19(15-23(28)30)25-26-20-10-4-6-12-22(20)29(25)17-24(31)27-13-7-2-8-14-27/h3-6,9-12,19H,2,7-8,13-17H2,1H3. The van der Waals surface area contributed by atoms with E-state index in [1.165, 1.54) is 6.42 Å². The molecule has 2 aromatic carbocycles. The third-order valence-corrected chi connectivity index (χ3v) is 6.58. The van der Waals surface area contributed by atoms with Gasteiger partial charge in [-0.3, -0.25) is 9.59 Å². The molecule has 2 saturated heterocycles. The largest absolute Gasteiger partial charge is 0.341 e. The maximum absolute atomic E-state index is 13.1. The van der Waals surface area contributed by atoms with E-state index in [9.17, 15) is 9.59 Å². The number of fused-ring (bicyclic) bond motifs is 1. The van der Waals surface area contributed by atoms with Gasteiger partial charge in [0.25, 0.3) is 0 Å². The number of imidazole rings is 1. The number of benzene rings is 2. The molecule has 31 heavy (non-hydrogen) atoms. The van der Waals surface area contributed by atoms with Gasteiger partial charge in [-0.05, 0) is 49.9 Å². The lowest BCUT2D eigenvalue weighted by molar-refractivity contribution is -0.132. The van der Waals surface area contributed by atoms with Gasteiger partial charge < -0.3 is 14.4 Å². The molecule has 1 aromatic heterocycles. The van der Waals surface area contributed by atoms with Gasteiger partial charge in [0.15, 0.2) is 0 Å². The molecule has 3 aromatic rings. The summed E-state index contributed by atoms with van der Waals surface area (Å²) in [5.41, 5.74) is 3.89. The van der Waals surface area contributed by atoms with Gasteiger partial charge >= 0.3 is 0 Å². The molecule has 2 fully saturated rings. The van der Waals surface area contributed by atoms with Crippen molar-refractivity contribution in [3.8, 4) is 0 Å². The minimum atomic E-state index is -0.0336. The number of nitrogens with zero attached hydrogens (tertiary/aromatic N) is 4. The number of aromatic nitrogens is 2. The van der Waals surface area contributed by atoms with E-state index in [1.54, 1.807) is 0 Å². The van der Waals surface area contributed by atoms with Crippen molar-refractivity contribution in [3.63, 3.8) is 0 Å². The number of aryl methyl sites for hydroxylation is 1. The highest BCUT2D eigenvalue weighted by Gasteiger charge is 2.35. The molecular weight excluding hydrogens is 388 g/mol. The fourth-order valence-corrected chi connectivity index (χ4v) is 4.93. The fourth-order valence-electron chi connectivity index (χ4n) is 4.93. The number of anilines is 1. The second-order valence-electron chi connectivity index (χ2n) is 8.68. The van der Waals surface area contributed by atoms with E-state index in [4.69, 9.17) is 4.98 Å². The van der Waals surface area contributed by atoms with Crippen molar-refractivity contribution >= 4 is 28.5 Å². The molecule has 0 radical (unpaired) electrons. The molecule has 0 spiro atoms. The molecule has 6 nitrogen and oxygen atoms in total. The lowest BCUT2D eigenvalue weighted by Crippen LogP contribution is -2.38. The topological polar surface area (TPSA) is 58.4 Å². The van der Waals surface area contributed by atoms with E-state index >= 15 is 0 Å². The predicted octanol–water partition coefficient (Wildman–Crippen LogP) is 3.88. The van der Waals surface area contributed by atoms with E-state index in [1.807, 2.05) is 69.8 Å². The normalized spacial score (nSPS) is 19.4. The van der Waals surface area contributed by atoms with Crippen molar-refractivity contribution in [2.45, 2.75) is 45.1 Å². The van der Waals surface area contributed by atoms with Gasteiger partial charge in [0.05, 0.1) is 11.0 Å². The zero-order chi connectivity index (χ0) is 21.4. The quantitative estimate of drug-likeness (QED) is 0.649. The highest BCUT2D eigenvalue weighted by molar-refractivity contribution is 5.97. The van der Waals surface area contributed by atoms with Crippen molar-refractivity contribution in [2.75, 3.05) is 24.5 Å². The number of likely N-dealkylation sites (tertiary alicyclic amines) is 1. The number of carbonyl (C=O) groups is 2. The molecule has 3 heterocycles. The molecule has 0 N–H and O–H groups in total. The molecule has 5 rings (SSSR count). The van der Waals surface area contributed by atoms with Crippen LogP contribution in [-0.4, -0.2) is 45.9 Å². The van der Waals surface area contributed by atoms with E-state index < -0.39 is 0 Å². The average Bonchev–Trinajstić information content (AvgIpc) is 3.35. The van der Waals surface area contributed by atoms with E-state index in [0.29, 0.717) is 13.0 Å². The Hall–Kier alpha value is -3.15. The van der Waals surface area contributed by atoms with Crippen molar-refractivity contribution < 1.29 is 9.59 Å². The first kappa shape index (κ1) is 19.8. The third-order valence-electron chi connectivity index (χ3n) is 6.58. The van der Waals surface area contributed by atoms with Crippen LogP contribution in [0.3, 0.4) is 0 Å². The van der Waals surface area contributed by atoms with E-state index in [-0.39, 0.29) is 24.3 Å². The number of hydrogen-bond donors (Lipinski definition) is 0. The summed E-state index contributed by atoms with van der Waals surface area (Å²) < 4.78 is 2.05. The zero-order valence-electron chi connectivity index (χ0n) is 18.0. The number of para-hydroxylation sites is 3. The summed E-state index contributed by atoms with van der Waals surface area (Å²) in [6, 6.07) is 15.9. The van der Waals surface area contributed by atoms with Crippen LogP contribution in [-0.2, 0) is 16.1 Å². The maximum atomic E-state index is 13.1. The highest BCUT2D eigenvalue weighted by Crippen LogP contribution is 2.34. The summed E-state index contributed by atoms with van der Waals surface area (Å²) in [6.07, 6.45) is 3.76. The monoisotopic (exact) mass is 416 g/mol. The van der Waals surface area contributed by atoms with E-state index in [0.717, 1.165) is 54.0 Å². The number of amides is 2. The van der Waals surface area contributed by atoms with Crippen LogP contribution >= 0.6 is 0 Å². The molecule has 2 aliphatic rings. The van der Waals surface area contributed by atoms with Crippen LogP contribution in [0.5, 0.6) is 0 Å². The Morgan fingerprint density at radius 3 is 2.58 bits per heavy atom. The Balaban J connectivity index is 1.47. The second kappa shape index (κ2) is 8.17. The molecule has 1 unspecified atom stereocenters. The number of carbonyl (C=O) groups excluding carboxylic acids is 2. The Kier molecular flexibility index (Phi) is 5.22. The average molecular weight is 417 g/mol. The van der Waals surface area contributed by atoms with Crippen LogP contribution in [0.25, 0.3) is 11.0 Å². The summed E-state index contributed by atoms with van der Waals surface area (Å²) in [6.45, 7) is 4.58. The molecule has 160 valence electrons. The van der Waals surface area contributed by atoms with Crippen molar-refractivity contribution in [1.82, 2.24) is 14.5 Å². The molecule has 2 amide bonds. The molecule has 0 aliphatic carbocycles. The molecular formula is C25H28N4O2. The summed E-state index contributed by atoms with van der Waals surface area (Å²) in [4.78, 5) is 34.7. The Labute approximate surface area is 182 Å². The summed E-state index contributed by atoms with van der Waals surface area (Å²) >= 11 is 0. The van der Waals surface area contributed by atoms with E-state index in [2.05, 4.69) is 0 Å². The van der Waals surface area contributed by atoms with Crippen molar-refractivity contribution in [1.29, 1.82) is 0 Å². The molecule has 0 saturated carbocycles. The lowest BCUT2D eigenvalue weighted by Gasteiger charge is -2.27. The number of hydrogen-bond acceptors (Lipinski definition) is 3. The Morgan fingerprint density at radius 1 is 1.03 bits per heavy atom. The predicted molar refractivity (Wildman–Crippen MR) is 121 cm³/mol. The van der Waals surface area contributed by atoms with Crippen LogP contribution in [0, 0.1) is 6.92 Å². The molecule has 0 bridgehead atoms. The smallest absolute Gasteiger partial charge is 0.242 e. The maximum Gasteiger partial charge on any atom is 0.242 e. The third kappa shape index (κ3) is 3.71. The van der Waals surface area contributed by atoms with Gasteiger partial charge in [-0.25, -0.2) is 4.98 Å². The van der Waals surface area contributed by atoms with Crippen LogP contribution < -0.4 is 4.90 Å². The second-order valence-corrected chi connectivity index (χ2v) is 8.68. The Morgan fingerprint density at radius 2 is 1.77 bits per heavy atom. The minimum absolute atomic E-state index is 0.0336. The van der Waals surface area contributed by atoms with Crippen molar-refractivity contribution in [3.05, 3.63) is 59.9 Å². The number of rotatable bonds is 4. The molecule has 2 aliphatic heterocycles. The summed E-state index contributed by atoms with van der Waals surface area (Å²) in [5.74, 6) is 1.06. The van der Waals surface area contributed by atoms with Gasteiger partial charge in [-0.2, -0.15) is 0 Å². The van der Waals surface area contributed by atoms with Crippen molar-refractivity contribution in [2.24, 2.45) is 0 Å². The molecule has 6 heteroatoms. The fraction of sp³-hybridized carbons (Fsp3) is 0.400. The first-order valence-corrected chi connectivity index (χ1v) is 11.2. The van der Waals surface area contributed by atoms with Crippen LogP contribution in [0.15, 0.2) is 48.5 Å². The Bertz CT molecular complexity index is 1130. The number of piperidine rings is 1. The SMILES string of the molecule is Cc1ccccc1N1CC(c2nc3ccccc3n2CC(=O)N2CCCCC2)CC1=O. The van der Waals surface area contributed by atoms with Gasteiger partial charge in [-0.15, -0.1) is 0 Å². The minimum Gasteiger partial charge on any atom is -0.341 e. The van der Waals surface area contributed by atoms with Gasteiger partial charge in [-0.1, -0.05) is 30.3 Å². The van der Waals surface area contributed by atoms with Gasteiger partial charge in [0, 0.05) is 37.7 Å². The first-order chi connectivity index (χ1) is 15.1. The first-order valence-electron chi connectivity index (χ1n) is 11.2. The zero-order valence-corrected chi connectivity index (χ0v) is 18.0. The van der Waals surface area contributed by atoms with Crippen LogP contribution in [0.2, 0.25) is 0 Å². The highest BCUT2D eigenvalue weighted by atomic mass is 16.2.